The summed E-state index contributed by atoms with van der Waals surface area (Å²) in [5, 5.41) is 1.08. The highest BCUT2D eigenvalue weighted by Crippen LogP contribution is 2.53. The van der Waals surface area contributed by atoms with Gasteiger partial charge >= 0.3 is 0 Å². The van der Waals surface area contributed by atoms with Gasteiger partial charge < -0.3 is 23.7 Å². The van der Waals surface area contributed by atoms with Crippen LogP contribution in [0.25, 0.3) is 44.5 Å². The minimum absolute atomic E-state index is 0.0528. The Morgan fingerprint density at radius 1 is 0.514 bits per heavy atom. The Morgan fingerprint density at radius 3 is 1.91 bits per heavy atom. The summed E-state index contributed by atoms with van der Waals surface area (Å²) in [6.07, 6.45) is 0. The van der Waals surface area contributed by atoms with E-state index in [1.54, 1.807) is 0 Å². The highest BCUT2D eigenvalue weighted by molar-refractivity contribution is 7.00. The van der Waals surface area contributed by atoms with Gasteiger partial charge in [-0.15, -0.1) is 0 Å². The highest BCUT2D eigenvalue weighted by atomic mass is 16.6. The average Bonchev–Trinajstić information content (AvgIpc) is 3.89. The first-order valence-electron chi connectivity index (χ1n) is 24.9. The lowest BCUT2D eigenvalue weighted by atomic mass is 9.33. The van der Waals surface area contributed by atoms with Gasteiger partial charge in [0.25, 0.3) is 6.71 Å². The Balaban J connectivity index is 1.10. The van der Waals surface area contributed by atoms with Crippen LogP contribution in [0, 0.1) is 6.92 Å². The molecule has 0 atom stereocenters. The van der Waals surface area contributed by atoms with Crippen molar-refractivity contribution in [3.63, 3.8) is 0 Å². The van der Waals surface area contributed by atoms with Crippen LogP contribution >= 0.6 is 0 Å². The van der Waals surface area contributed by atoms with Crippen LogP contribution in [0.3, 0.4) is 0 Å². The van der Waals surface area contributed by atoms with Gasteiger partial charge in [0.15, 0.2) is 11.5 Å². The molecular weight excluding hydrogens is 856 g/mol. The standard InChI is InChI=1S/C64H57BN2O3/c1-38-29-55-60-56(30-38)67(54-18-14-20-58-61(54)69-28-27-68-58)53-26-23-44(63(5,6)7)37-51(53)65(60)50-36-43(62(2,3)4)22-25-52(50)66(55)45-32-41(31-42(33-45)59-35-40-15-10-13-19-57(40)70-59)39-21-24-47-46-16-11-12-17-48(46)64(8,9)49(47)34-39/h10-26,29-37H,27-28H2,1-9H3. The Bertz CT molecular complexity index is 3630. The molecule has 6 heteroatoms. The van der Waals surface area contributed by atoms with E-state index in [4.69, 9.17) is 13.9 Å². The molecule has 13 rings (SSSR count). The van der Waals surface area contributed by atoms with Crippen LogP contribution in [-0.2, 0) is 16.2 Å². The van der Waals surface area contributed by atoms with Crippen LogP contribution in [0.5, 0.6) is 11.5 Å². The summed E-state index contributed by atoms with van der Waals surface area (Å²) in [6.45, 7) is 21.9. The molecule has 0 amide bonds. The first-order chi connectivity index (χ1) is 33.6. The number of benzene rings is 8. The Morgan fingerprint density at radius 2 is 1.17 bits per heavy atom. The number of ether oxygens (including phenoxy) is 2. The molecule has 9 aromatic rings. The van der Waals surface area contributed by atoms with Crippen LogP contribution in [-0.4, -0.2) is 19.9 Å². The number of rotatable bonds is 4. The van der Waals surface area contributed by atoms with Crippen LogP contribution < -0.4 is 35.7 Å². The molecule has 3 aliphatic heterocycles. The second kappa shape index (κ2) is 15.0. The summed E-state index contributed by atoms with van der Waals surface area (Å²) >= 11 is 0. The molecule has 1 aromatic heterocycles. The normalized spacial score (nSPS) is 15.1. The van der Waals surface area contributed by atoms with Crippen molar-refractivity contribution in [1.82, 2.24) is 0 Å². The van der Waals surface area contributed by atoms with Gasteiger partial charge in [0.1, 0.15) is 24.6 Å². The van der Waals surface area contributed by atoms with Gasteiger partial charge in [-0.2, -0.15) is 0 Å². The second-order valence-electron chi connectivity index (χ2n) is 22.5. The van der Waals surface area contributed by atoms with Gasteiger partial charge in [-0.25, -0.2) is 0 Å². The lowest BCUT2D eigenvalue weighted by Gasteiger charge is -2.45. The summed E-state index contributed by atoms with van der Waals surface area (Å²) in [5.74, 6) is 2.39. The van der Waals surface area contributed by atoms with E-state index >= 15 is 0 Å². The number of furan rings is 1. The SMILES string of the molecule is Cc1cc2c3c(c1)N(c1cccc4c1OCCO4)c1ccc(C(C)(C)C)cc1B3c1cc(C(C)(C)C)ccc1N2c1cc(-c2ccc3c(c2)C(C)(C)c2ccccc2-3)cc(-c2cc3ccccc3o2)c1. The third kappa shape index (κ3) is 6.45. The number of aryl methyl sites for hydroxylation is 1. The number of anilines is 6. The van der Waals surface area contributed by atoms with E-state index in [0.29, 0.717) is 13.2 Å². The zero-order valence-electron chi connectivity index (χ0n) is 41.6. The minimum atomic E-state index is -0.141. The van der Waals surface area contributed by atoms with Crippen LogP contribution in [0.15, 0.2) is 162 Å². The van der Waals surface area contributed by atoms with Crippen LogP contribution in [0.1, 0.15) is 83.2 Å². The lowest BCUT2D eigenvalue weighted by Crippen LogP contribution is -2.61. The quantitative estimate of drug-likeness (QED) is 0.165. The van der Waals surface area contributed by atoms with E-state index in [2.05, 4.69) is 218 Å². The van der Waals surface area contributed by atoms with E-state index in [9.17, 15) is 0 Å². The Kier molecular flexibility index (Phi) is 9.16. The van der Waals surface area contributed by atoms with Crippen LogP contribution in [0.2, 0.25) is 0 Å². The summed E-state index contributed by atoms with van der Waals surface area (Å²) in [5.41, 5.74) is 23.6. The average molecular weight is 913 g/mol. The second-order valence-corrected chi connectivity index (χ2v) is 22.5. The van der Waals surface area contributed by atoms with E-state index in [0.717, 1.165) is 67.8 Å². The first-order valence-corrected chi connectivity index (χ1v) is 24.9. The third-order valence-corrected chi connectivity index (χ3v) is 15.5. The summed E-state index contributed by atoms with van der Waals surface area (Å²) in [6, 6.07) is 59.1. The van der Waals surface area contributed by atoms with E-state index in [1.165, 1.54) is 66.6 Å². The number of hydrogen-bond donors (Lipinski definition) is 0. The molecular formula is C64H57BN2O3. The summed E-state index contributed by atoms with van der Waals surface area (Å²) in [7, 11) is 0. The summed E-state index contributed by atoms with van der Waals surface area (Å²) in [4.78, 5) is 5.00. The van der Waals surface area contributed by atoms with E-state index < -0.39 is 0 Å². The fourth-order valence-corrected chi connectivity index (χ4v) is 11.9. The van der Waals surface area contributed by atoms with Crippen molar-refractivity contribution in [2.24, 2.45) is 0 Å². The first kappa shape index (κ1) is 42.7. The van der Waals surface area contributed by atoms with E-state index in [1.807, 2.05) is 12.1 Å². The van der Waals surface area contributed by atoms with Gasteiger partial charge in [-0.05, 0) is 157 Å². The van der Waals surface area contributed by atoms with Gasteiger partial charge in [-0.3, -0.25) is 0 Å². The summed E-state index contributed by atoms with van der Waals surface area (Å²) < 4.78 is 19.6. The minimum Gasteiger partial charge on any atom is -0.486 e. The molecule has 0 spiro atoms. The molecule has 0 saturated carbocycles. The van der Waals surface area contributed by atoms with Crippen molar-refractivity contribution in [2.45, 2.75) is 78.6 Å². The van der Waals surface area contributed by atoms with Crippen molar-refractivity contribution < 1.29 is 13.9 Å². The maximum atomic E-state index is 6.75. The zero-order valence-corrected chi connectivity index (χ0v) is 41.6. The fraction of sp³-hybridized carbons (Fsp3) is 0.219. The Labute approximate surface area is 412 Å². The topological polar surface area (TPSA) is 38.1 Å². The number of para-hydroxylation sites is 2. The molecule has 344 valence electrons. The molecule has 0 unspecified atom stereocenters. The van der Waals surface area contributed by atoms with Gasteiger partial charge in [-0.1, -0.05) is 140 Å². The van der Waals surface area contributed by atoms with Crippen molar-refractivity contribution in [2.75, 3.05) is 23.0 Å². The maximum Gasteiger partial charge on any atom is 0.252 e. The zero-order chi connectivity index (χ0) is 48.0. The van der Waals surface area contributed by atoms with Crippen molar-refractivity contribution in [3.8, 4) is 45.1 Å². The molecule has 0 saturated heterocycles. The molecule has 8 aromatic carbocycles. The molecule has 0 radical (unpaired) electrons. The third-order valence-electron chi connectivity index (χ3n) is 15.5. The van der Waals surface area contributed by atoms with Crippen molar-refractivity contribution >= 4 is 68.2 Å². The number of fused-ring (bicyclic) bond motifs is 9. The van der Waals surface area contributed by atoms with Crippen molar-refractivity contribution in [1.29, 1.82) is 0 Å². The van der Waals surface area contributed by atoms with Crippen LogP contribution in [0.4, 0.5) is 34.1 Å². The predicted octanol–water partition coefficient (Wildman–Crippen LogP) is 14.8. The van der Waals surface area contributed by atoms with E-state index in [-0.39, 0.29) is 23.0 Å². The predicted molar refractivity (Wildman–Crippen MR) is 292 cm³/mol. The number of nitrogens with zero attached hydrogens (tertiary/aromatic N) is 2. The molecule has 70 heavy (non-hydrogen) atoms. The molecule has 5 nitrogen and oxygen atoms in total. The van der Waals surface area contributed by atoms with Crippen molar-refractivity contribution in [3.05, 3.63) is 186 Å². The molecule has 4 aliphatic rings. The molecule has 0 N–H and O–H groups in total. The Hall–Kier alpha value is -7.44. The van der Waals surface area contributed by atoms with Gasteiger partial charge in [0.2, 0.25) is 0 Å². The maximum absolute atomic E-state index is 6.75. The largest absolute Gasteiger partial charge is 0.486 e. The molecule has 0 bridgehead atoms. The monoisotopic (exact) mass is 912 g/mol. The smallest absolute Gasteiger partial charge is 0.252 e. The fourth-order valence-electron chi connectivity index (χ4n) is 11.9. The highest BCUT2D eigenvalue weighted by Gasteiger charge is 2.45. The molecule has 0 fully saturated rings. The van der Waals surface area contributed by atoms with Gasteiger partial charge in [0.05, 0.1) is 5.69 Å². The molecule has 1 aliphatic carbocycles. The van der Waals surface area contributed by atoms with Gasteiger partial charge in [0, 0.05) is 44.8 Å². The number of hydrogen-bond acceptors (Lipinski definition) is 5. The lowest BCUT2D eigenvalue weighted by molar-refractivity contribution is 0.172. The molecule has 4 heterocycles.